The Kier molecular flexibility index (Phi) is 7.63. The summed E-state index contributed by atoms with van der Waals surface area (Å²) in [5.74, 6) is 2.09. The van der Waals surface area contributed by atoms with Crippen LogP contribution in [0.1, 0.15) is 40.7 Å². The van der Waals surface area contributed by atoms with Gasteiger partial charge in [-0.2, -0.15) is 0 Å². The van der Waals surface area contributed by atoms with Gasteiger partial charge in [0.15, 0.2) is 0 Å². The molecule has 0 spiro atoms. The largest absolute Gasteiger partial charge is 0.441 e. The van der Waals surface area contributed by atoms with E-state index in [9.17, 15) is 4.79 Å². The molecule has 33 heavy (non-hydrogen) atoms. The summed E-state index contributed by atoms with van der Waals surface area (Å²) >= 11 is 1.74. The number of hydrogen-bond acceptors (Lipinski definition) is 4. The maximum Gasteiger partial charge on any atom is 0.251 e. The fourth-order valence-corrected chi connectivity index (χ4v) is 4.45. The van der Waals surface area contributed by atoms with Gasteiger partial charge in [-0.3, -0.25) is 4.79 Å². The third-order valence-electron chi connectivity index (χ3n) is 5.49. The molecule has 1 heterocycles. The molecule has 4 rings (SSSR count). The van der Waals surface area contributed by atoms with Crippen LogP contribution < -0.4 is 5.32 Å². The van der Waals surface area contributed by atoms with Gasteiger partial charge in [-0.05, 0) is 68.7 Å². The van der Waals surface area contributed by atoms with Crippen molar-refractivity contribution in [2.24, 2.45) is 0 Å². The molecule has 4 nitrogen and oxygen atoms in total. The standard InChI is InChI=1S/C28H28N2O2S/c1-20(13-14-22-9-5-3-6-10-22)29-27(31)23-15-17-24(18-16-23)28-30-26(21(2)32-28)19-33-25-11-7-4-8-12-25/h3-12,15-18,20H,13-14,19H2,1-2H3,(H,29,31)/t20-/m0/s1. The maximum absolute atomic E-state index is 12.6. The number of carbonyl (C=O) groups excluding carboxylic acids is 1. The Balaban J connectivity index is 1.33. The number of amides is 1. The van der Waals surface area contributed by atoms with Gasteiger partial charge in [-0.25, -0.2) is 4.98 Å². The molecule has 0 saturated carbocycles. The Morgan fingerprint density at radius 1 is 0.970 bits per heavy atom. The summed E-state index contributed by atoms with van der Waals surface area (Å²) in [7, 11) is 0. The summed E-state index contributed by atoms with van der Waals surface area (Å²) in [5, 5.41) is 3.09. The SMILES string of the molecule is Cc1oc(-c2ccc(C(=O)N[C@@H](C)CCc3ccccc3)cc2)nc1CSc1ccccc1. The van der Waals surface area contributed by atoms with Crippen molar-refractivity contribution < 1.29 is 9.21 Å². The fourth-order valence-electron chi connectivity index (χ4n) is 3.53. The van der Waals surface area contributed by atoms with Crippen molar-refractivity contribution >= 4 is 17.7 Å². The number of aromatic nitrogens is 1. The first kappa shape index (κ1) is 22.9. The minimum absolute atomic E-state index is 0.0642. The minimum Gasteiger partial charge on any atom is -0.441 e. The van der Waals surface area contributed by atoms with Crippen LogP contribution in [0.25, 0.3) is 11.5 Å². The number of oxazole rings is 1. The molecular weight excluding hydrogens is 428 g/mol. The number of aryl methyl sites for hydroxylation is 2. The van der Waals surface area contributed by atoms with E-state index in [0.29, 0.717) is 11.5 Å². The zero-order valence-corrected chi connectivity index (χ0v) is 19.8. The molecule has 0 saturated heterocycles. The second-order valence-corrected chi connectivity index (χ2v) is 9.15. The van der Waals surface area contributed by atoms with Crippen molar-refractivity contribution in [3.8, 4) is 11.5 Å². The Bertz CT molecular complexity index is 1170. The van der Waals surface area contributed by atoms with E-state index in [2.05, 4.69) is 34.6 Å². The van der Waals surface area contributed by atoms with Crippen LogP contribution in [0.4, 0.5) is 0 Å². The van der Waals surface area contributed by atoms with Crippen molar-refractivity contribution in [3.05, 3.63) is 108 Å². The summed E-state index contributed by atoms with van der Waals surface area (Å²) in [5.41, 5.74) is 3.72. The predicted octanol–water partition coefficient (Wildman–Crippen LogP) is 6.69. The number of thioether (sulfide) groups is 1. The third kappa shape index (κ3) is 6.36. The molecule has 4 aromatic rings. The number of carbonyl (C=O) groups is 1. The summed E-state index contributed by atoms with van der Waals surface area (Å²) in [6, 6.07) is 28.1. The zero-order chi connectivity index (χ0) is 23.0. The Morgan fingerprint density at radius 2 is 1.64 bits per heavy atom. The first-order valence-corrected chi connectivity index (χ1v) is 12.2. The maximum atomic E-state index is 12.6. The highest BCUT2D eigenvalue weighted by atomic mass is 32.2. The van der Waals surface area contributed by atoms with Crippen LogP contribution in [-0.4, -0.2) is 16.9 Å². The molecule has 0 radical (unpaired) electrons. The first-order valence-electron chi connectivity index (χ1n) is 11.2. The summed E-state index contributed by atoms with van der Waals surface area (Å²) in [4.78, 5) is 18.5. The highest BCUT2D eigenvalue weighted by Crippen LogP contribution is 2.27. The van der Waals surface area contributed by atoms with Crippen molar-refractivity contribution in [1.82, 2.24) is 10.3 Å². The lowest BCUT2D eigenvalue weighted by Crippen LogP contribution is -2.32. The van der Waals surface area contributed by atoms with Crippen LogP contribution in [0.3, 0.4) is 0 Å². The lowest BCUT2D eigenvalue weighted by molar-refractivity contribution is 0.0938. The lowest BCUT2D eigenvalue weighted by Gasteiger charge is -2.14. The van der Waals surface area contributed by atoms with Gasteiger partial charge in [-0.15, -0.1) is 11.8 Å². The number of benzene rings is 3. The van der Waals surface area contributed by atoms with Crippen molar-refractivity contribution in [2.75, 3.05) is 0 Å². The van der Waals surface area contributed by atoms with Gasteiger partial charge in [-0.1, -0.05) is 48.5 Å². The van der Waals surface area contributed by atoms with E-state index >= 15 is 0 Å². The highest BCUT2D eigenvalue weighted by molar-refractivity contribution is 7.98. The average Bonchev–Trinajstić information content (AvgIpc) is 3.23. The van der Waals surface area contributed by atoms with Crippen LogP contribution in [-0.2, 0) is 12.2 Å². The molecule has 0 aliphatic rings. The molecule has 3 aromatic carbocycles. The van der Waals surface area contributed by atoms with Gasteiger partial charge in [0.1, 0.15) is 5.76 Å². The van der Waals surface area contributed by atoms with E-state index in [1.807, 2.05) is 74.5 Å². The molecule has 0 unspecified atom stereocenters. The number of rotatable bonds is 9. The number of nitrogens with one attached hydrogen (secondary N) is 1. The Hall–Kier alpha value is -3.31. The molecule has 0 aliphatic heterocycles. The van der Waals surface area contributed by atoms with E-state index in [-0.39, 0.29) is 11.9 Å². The quantitative estimate of drug-likeness (QED) is 0.285. The van der Waals surface area contributed by atoms with E-state index < -0.39 is 0 Å². The number of nitrogens with zero attached hydrogens (tertiary/aromatic N) is 1. The fraction of sp³-hybridized carbons (Fsp3) is 0.214. The third-order valence-corrected chi connectivity index (χ3v) is 6.52. The molecule has 1 N–H and O–H groups in total. The Morgan fingerprint density at radius 3 is 2.33 bits per heavy atom. The van der Waals surface area contributed by atoms with E-state index in [4.69, 9.17) is 4.42 Å². The predicted molar refractivity (Wildman–Crippen MR) is 134 cm³/mol. The van der Waals surface area contributed by atoms with Crippen LogP contribution in [0, 0.1) is 6.92 Å². The van der Waals surface area contributed by atoms with Gasteiger partial charge in [0, 0.05) is 27.8 Å². The molecule has 1 atom stereocenters. The number of hydrogen-bond donors (Lipinski definition) is 1. The van der Waals surface area contributed by atoms with Gasteiger partial charge < -0.3 is 9.73 Å². The smallest absolute Gasteiger partial charge is 0.251 e. The van der Waals surface area contributed by atoms with Crippen molar-refractivity contribution in [2.45, 2.75) is 43.4 Å². The second-order valence-electron chi connectivity index (χ2n) is 8.10. The Labute approximate surface area is 199 Å². The van der Waals surface area contributed by atoms with Crippen LogP contribution in [0.5, 0.6) is 0 Å². The molecule has 0 aliphatic carbocycles. The average molecular weight is 457 g/mol. The van der Waals surface area contributed by atoms with E-state index in [1.54, 1.807) is 11.8 Å². The summed E-state index contributed by atoms with van der Waals surface area (Å²) in [6.07, 6.45) is 1.84. The highest BCUT2D eigenvalue weighted by Gasteiger charge is 2.14. The molecule has 1 amide bonds. The van der Waals surface area contributed by atoms with Gasteiger partial charge in [0.2, 0.25) is 5.89 Å². The molecule has 0 fully saturated rings. The monoisotopic (exact) mass is 456 g/mol. The molecule has 0 bridgehead atoms. The van der Waals surface area contributed by atoms with Gasteiger partial charge >= 0.3 is 0 Å². The van der Waals surface area contributed by atoms with Gasteiger partial charge in [0.25, 0.3) is 5.91 Å². The molecular formula is C28H28N2O2S. The summed E-state index contributed by atoms with van der Waals surface area (Å²) < 4.78 is 5.90. The summed E-state index contributed by atoms with van der Waals surface area (Å²) in [6.45, 7) is 3.98. The second kappa shape index (κ2) is 11.0. The van der Waals surface area contributed by atoms with E-state index in [0.717, 1.165) is 35.6 Å². The molecule has 5 heteroatoms. The minimum atomic E-state index is -0.0642. The zero-order valence-electron chi connectivity index (χ0n) is 19.0. The molecule has 168 valence electrons. The van der Waals surface area contributed by atoms with Crippen LogP contribution in [0.2, 0.25) is 0 Å². The van der Waals surface area contributed by atoms with Gasteiger partial charge in [0.05, 0.1) is 5.69 Å². The van der Waals surface area contributed by atoms with Crippen molar-refractivity contribution in [3.63, 3.8) is 0 Å². The topological polar surface area (TPSA) is 55.1 Å². The van der Waals surface area contributed by atoms with Crippen LogP contribution in [0.15, 0.2) is 94.2 Å². The van der Waals surface area contributed by atoms with Crippen LogP contribution >= 0.6 is 11.8 Å². The normalized spacial score (nSPS) is 11.8. The lowest BCUT2D eigenvalue weighted by atomic mass is 10.1. The first-order chi connectivity index (χ1) is 16.1. The van der Waals surface area contributed by atoms with E-state index in [1.165, 1.54) is 10.5 Å². The molecule has 1 aromatic heterocycles. The van der Waals surface area contributed by atoms with Crippen molar-refractivity contribution in [1.29, 1.82) is 0 Å².